The summed E-state index contributed by atoms with van der Waals surface area (Å²) in [7, 11) is 0. The molecule has 194 valence electrons. The summed E-state index contributed by atoms with van der Waals surface area (Å²) in [6.07, 6.45) is 17.1. The first-order valence-electron chi connectivity index (χ1n) is 13.4. The number of Topliss-reactive ketones (excluding diaryl/α,β-unsaturated/α-hetero) is 1. The third-order valence-electron chi connectivity index (χ3n) is 6.86. The van der Waals surface area contributed by atoms with Gasteiger partial charge in [0.25, 0.3) is 11.6 Å². The van der Waals surface area contributed by atoms with Gasteiger partial charge in [-0.05, 0) is 19.4 Å². The molecule has 0 spiro atoms. The molecule has 1 aromatic rings. The van der Waals surface area contributed by atoms with Gasteiger partial charge in [-0.15, -0.1) is 0 Å². The number of ketones is 1. The summed E-state index contributed by atoms with van der Waals surface area (Å²) in [4.78, 5) is 37.4. The highest BCUT2D eigenvalue weighted by atomic mass is 16.6. The molecule has 1 amide bonds. The molecule has 0 radical (unpaired) electrons. The summed E-state index contributed by atoms with van der Waals surface area (Å²) in [5.41, 5.74) is 0.0323. The first kappa shape index (κ1) is 28.5. The fourth-order valence-electron chi connectivity index (χ4n) is 4.93. The van der Waals surface area contributed by atoms with E-state index >= 15 is 0 Å². The number of aliphatic hydroxyl groups is 1. The molecular formula is C28H42N2O5. The quantitative estimate of drug-likeness (QED) is 0.133. The smallest absolute Gasteiger partial charge is 0.290 e. The van der Waals surface area contributed by atoms with Crippen LogP contribution in [0.15, 0.2) is 35.6 Å². The largest absolute Gasteiger partial charge is 0.503 e. The third kappa shape index (κ3) is 8.48. The van der Waals surface area contributed by atoms with Crippen LogP contribution in [0.4, 0.5) is 5.69 Å². The van der Waals surface area contributed by atoms with Crippen molar-refractivity contribution in [3.63, 3.8) is 0 Å². The van der Waals surface area contributed by atoms with Crippen LogP contribution in [0.3, 0.4) is 0 Å². The Kier molecular flexibility index (Phi) is 12.5. The SMILES string of the molecule is CCCCCCCCCCCCCCCCN1C(=O)C(O)=C(C(C)=O)[C@H]1c1ccccc1[N+](=O)[O-]. The van der Waals surface area contributed by atoms with E-state index in [1.807, 2.05) is 0 Å². The molecule has 1 atom stereocenters. The van der Waals surface area contributed by atoms with E-state index in [1.165, 1.54) is 82.1 Å². The maximum atomic E-state index is 12.7. The molecule has 0 unspecified atom stereocenters. The van der Waals surface area contributed by atoms with Gasteiger partial charge in [0.2, 0.25) is 0 Å². The van der Waals surface area contributed by atoms with Crippen LogP contribution in [0.25, 0.3) is 0 Å². The number of unbranched alkanes of at least 4 members (excludes halogenated alkanes) is 13. The molecule has 1 heterocycles. The number of rotatable bonds is 18. The Bertz CT molecular complexity index is 880. The van der Waals surface area contributed by atoms with E-state index in [0.29, 0.717) is 6.54 Å². The molecule has 1 aliphatic rings. The van der Waals surface area contributed by atoms with Crippen LogP contribution < -0.4 is 0 Å². The van der Waals surface area contributed by atoms with Crippen LogP contribution in [0, 0.1) is 10.1 Å². The van der Waals surface area contributed by atoms with E-state index in [9.17, 15) is 24.8 Å². The van der Waals surface area contributed by atoms with Crippen LogP contribution in [0.1, 0.15) is 115 Å². The molecule has 1 aromatic carbocycles. The van der Waals surface area contributed by atoms with Gasteiger partial charge < -0.3 is 10.0 Å². The Labute approximate surface area is 209 Å². The minimum Gasteiger partial charge on any atom is -0.503 e. The average molecular weight is 487 g/mol. The number of para-hydroxylation sites is 1. The molecule has 1 N–H and O–H groups in total. The van der Waals surface area contributed by atoms with E-state index in [2.05, 4.69) is 6.92 Å². The molecule has 0 fully saturated rings. The number of amides is 1. The second-order valence-electron chi connectivity index (χ2n) is 9.63. The summed E-state index contributed by atoms with van der Waals surface area (Å²) >= 11 is 0. The lowest BCUT2D eigenvalue weighted by Gasteiger charge is -2.26. The number of carbonyl (C=O) groups is 2. The van der Waals surface area contributed by atoms with E-state index in [1.54, 1.807) is 18.2 Å². The summed E-state index contributed by atoms with van der Waals surface area (Å²) < 4.78 is 0. The highest BCUT2D eigenvalue weighted by molar-refractivity contribution is 6.08. The van der Waals surface area contributed by atoms with E-state index in [-0.39, 0.29) is 16.8 Å². The zero-order chi connectivity index (χ0) is 25.6. The molecule has 1 aliphatic heterocycles. The van der Waals surface area contributed by atoms with E-state index < -0.39 is 28.4 Å². The predicted molar refractivity (Wildman–Crippen MR) is 138 cm³/mol. The molecule has 0 saturated heterocycles. The minimum atomic E-state index is -0.927. The second-order valence-corrected chi connectivity index (χ2v) is 9.63. The van der Waals surface area contributed by atoms with Crippen molar-refractivity contribution in [3.8, 4) is 0 Å². The highest BCUT2D eigenvalue weighted by Crippen LogP contribution is 2.41. The molecule has 0 aromatic heterocycles. The number of nitro groups is 1. The Hall–Kier alpha value is -2.70. The summed E-state index contributed by atoms with van der Waals surface area (Å²) in [6, 6.07) is 5.18. The molecule has 7 nitrogen and oxygen atoms in total. The van der Waals surface area contributed by atoms with Gasteiger partial charge in [-0.1, -0.05) is 103 Å². The summed E-state index contributed by atoms with van der Waals surface area (Å²) in [6.45, 7) is 3.86. The Morgan fingerprint density at radius 2 is 1.40 bits per heavy atom. The Morgan fingerprint density at radius 1 is 0.914 bits per heavy atom. The van der Waals surface area contributed by atoms with Gasteiger partial charge >= 0.3 is 0 Å². The van der Waals surface area contributed by atoms with E-state index in [0.717, 1.165) is 25.7 Å². The molecule has 0 bridgehead atoms. The molecule has 2 rings (SSSR count). The fraction of sp³-hybridized carbons (Fsp3) is 0.643. The predicted octanol–water partition coefficient (Wildman–Crippen LogP) is 7.36. The Balaban J connectivity index is 1.78. The maximum absolute atomic E-state index is 12.7. The fourth-order valence-corrected chi connectivity index (χ4v) is 4.93. The lowest BCUT2D eigenvalue weighted by molar-refractivity contribution is -0.385. The zero-order valence-corrected chi connectivity index (χ0v) is 21.5. The van der Waals surface area contributed by atoms with Crippen LogP contribution >= 0.6 is 0 Å². The van der Waals surface area contributed by atoms with Crippen LogP contribution in [-0.4, -0.2) is 33.2 Å². The van der Waals surface area contributed by atoms with Crippen molar-refractivity contribution in [1.82, 2.24) is 4.90 Å². The second kappa shape index (κ2) is 15.3. The van der Waals surface area contributed by atoms with Crippen molar-refractivity contribution in [2.45, 2.75) is 110 Å². The molecule has 0 saturated carbocycles. The van der Waals surface area contributed by atoms with Gasteiger partial charge in [0.15, 0.2) is 11.5 Å². The van der Waals surface area contributed by atoms with Gasteiger partial charge in [-0.2, -0.15) is 0 Å². The number of benzene rings is 1. The van der Waals surface area contributed by atoms with E-state index in [4.69, 9.17) is 0 Å². The average Bonchev–Trinajstić information content (AvgIpc) is 3.09. The van der Waals surface area contributed by atoms with Gasteiger partial charge in [0.1, 0.15) is 0 Å². The molecule has 7 heteroatoms. The van der Waals surface area contributed by atoms with Gasteiger partial charge in [-0.3, -0.25) is 19.7 Å². The number of aliphatic hydroxyl groups excluding tert-OH is 1. The number of nitrogens with zero attached hydrogens (tertiary/aromatic N) is 2. The molecule has 35 heavy (non-hydrogen) atoms. The van der Waals surface area contributed by atoms with Crippen molar-refractivity contribution in [1.29, 1.82) is 0 Å². The minimum absolute atomic E-state index is 0.0605. The standard InChI is InChI=1S/C28H42N2O5/c1-3-4-5-6-7-8-9-10-11-12-13-14-15-18-21-29-26(25(22(2)31)27(32)28(29)33)23-19-16-17-20-24(23)30(34)35/h16-17,19-20,26,32H,3-15,18,21H2,1-2H3/t26-/m1/s1. The first-order chi connectivity index (χ1) is 16.9. The van der Waals surface area contributed by atoms with Crippen molar-refractivity contribution in [2.24, 2.45) is 0 Å². The van der Waals surface area contributed by atoms with Crippen LogP contribution in [-0.2, 0) is 9.59 Å². The van der Waals surface area contributed by atoms with Gasteiger partial charge in [-0.25, -0.2) is 0 Å². The topological polar surface area (TPSA) is 101 Å². The monoisotopic (exact) mass is 486 g/mol. The van der Waals surface area contributed by atoms with Gasteiger partial charge in [0.05, 0.1) is 22.1 Å². The lowest BCUT2D eigenvalue weighted by atomic mass is 9.95. The Morgan fingerprint density at radius 3 is 1.89 bits per heavy atom. The number of carbonyl (C=O) groups excluding carboxylic acids is 2. The molecule has 0 aliphatic carbocycles. The van der Waals surface area contributed by atoms with Crippen molar-refractivity contribution in [2.75, 3.05) is 6.54 Å². The summed E-state index contributed by atoms with van der Waals surface area (Å²) in [5.74, 6) is -1.68. The first-order valence-corrected chi connectivity index (χ1v) is 13.4. The highest BCUT2D eigenvalue weighted by Gasteiger charge is 2.44. The zero-order valence-electron chi connectivity index (χ0n) is 21.5. The van der Waals surface area contributed by atoms with Crippen LogP contribution in [0.5, 0.6) is 0 Å². The number of hydrogen-bond acceptors (Lipinski definition) is 5. The number of nitro benzene ring substituents is 1. The maximum Gasteiger partial charge on any atom is 0.290 e. The normalized spacial score (nSPS) is 15.8. The van der Waals surface area contributed by atoms with Crippen molar-refractivity contribution < 1.29 is 19.6 Å². The third-order valence-corrected chi connectivity index (χ3v) is 6.86. The van der Waals surface area contributed by atoms with Crippen LogP contribution in [0.2, 0.25) is 0 Å². The van der Waals surface area contributed by atoms with Crippen molar-refractivity contribution in [3.05, 3.63) is 51.3 Å². The van der Waals surface area contributed by atoms with Crippen molar-refractivity contribution >= 4 is 17.4 Å². The lowest BCUT2D eigenvalue weighted by Crippen LogP contribution is -2.32. The van der Waals surface area contributed by atoms with Gasteiger partial charge in [0, 0.05) is 12.6 Å². The molecular weight excluding hydrogens is 444 g/mol. The number of hydrogen-bond donors (Lipinski definition) is 1. The summed E-state index contributed by atoms with van der Waals surface area (Å²) in [5, 5.41) is 21.9.